The molecule has 0 aliphatic carbocycles. The highest BCUT2D eigenvalue weighted by Crippen LogP contribution is 2.37. The van der Waals surface area contributed by atoms with Crippen LogP contribution in [0.1, 0.15) is 44.9 Å². The molecule has 4 rings (SSSR count). The summed E-state index contributed by atoms with van der Waals surface area (Å²) < 4.78 is 32.8. The molecule has 5 atom stereocenters. The standard InChI is InChI=1S/C28H35FN2O7/c1-15(2)31-23(18-7-11-20(12-8-18)36-16(3)4)21(13-17-5-9-19(29)10-6-17)27(30-31)38-28-26(35)25(34)24(33)22(14-32)37-28/h5-12,15-16,22,24-26,28,32-35H,13-14H2,1-4H3/t22-,24-,25+,26-,28+/m1/s1. The van der Waals surface area contributed by atoms with E-state index in [9.17, 15) is 24.8 Å². The summed E-state index contributed by atoms with van der Waals surface area (Å²) >= 11 is 0. The molecular weight excluding hydrogens is 495 g/mol. The highest BCUT2D eigenvalue weighted by molar-refractivity contribution is 5.67. The average molecular weight is 531 g/mol. The number of benzene rings is 2. The van der Waals surface area contributed by atoms with Gasteiger partial charge in [-0.25, -0.2) is 4.39 Å². The van der Waals surface area contributed by atoms with E-state index in [4.69, 9.17) is 14.2 Å². The Morgan fingerprint density at radius 1 is 0.947 bits per heavy atom. The molecule has 0 spiro atoms. The molecule has 0 saturated carbocycles. The van der Waals surface area contributed by atoms with Crippen LogP contribution in [0.15, 0.2) is 48.5 Å². The first-order chi connectivity index (χ1) is 18.1. The molecular formula is C28H35FN2O7. The van der Waals surface area contributed by atoms with Crippen molar-refractivity contribution in [1.82, 2.24) is 9.78 Å². The number of aliphatic hydroxyl groups is 4. The van der Waals surface area contributed by atoms with Crippen LogP contribution in [0.25, 0.3) is 11.3 Å². The molecule has 2 aromatic carbocycles. The van der Waals surface area contributed by atoms with Crippen molar-refractivity contribution in [3.63, 3.8) is 0 Å². The van der Waals surface area contributed by atoms with Gasteiger partial charge in [-0.1, -0.05) is 12.1 Å². The zero-order valence-electron chi connectivity index (χ0n) is 21.9. The van der Waals surface area contributed by atoms with E-state index in [0.29, 0.717) is 12.0 Å². The van der Waals surface area contributed by atoms with Crippen LogP contribution in [0.2, 0.25) is 0 Å². The summed E-state index contributed by atoms with van der Waals surface area (Å²) in [7, 11) is 0. The van der Waals surface area contributed by atoms with Crippen molar-refractivity contribution < 1.29 is 39.0 Å². The highest BCUT2D eigenvalue weighted by atomic mass is 19.1. The van der Waals surface area contributed by atoms with Gasteiger partial charge in [0.1, 0.15) is 36.0 Å². The van der Waals surface area contributed by atoms with Crippen molar-refractivity contribution in [2.24, 2.45) is 0 Å². The number of ether oxygens (including phenoxy) is 3. The molecule has 9 nitrogen and oxygen atoms in total. The largest absolute Gasteiger partial charge is 0.491 e. The molecule has 3 aromatic rings. The van der Waals surface area contributed by atoms with Crippen LogP contribution in [0.5, 0.6) is 11.6 Å². The minimum Gasteiger partial charge on any atom is -0.491 e. The first-order valence-corrected chi connectivity index (χ1v) is 12.7. The molecule has 4 N–H and O–H groups in total. The third kappa shape index (κ3) is 6.00. The van der Waals surface area contributed by atoms with E-state index < -0.39 is 37.3 Å². The van der Waals surface area contributed by atoms with Crippen molar-refractivity contribution >= 4 is 0 Å². The van der Waals surface area contributed by atoms with Crippen LogP contribution < -0.4 is 9.47 Å². The van der Waals surface area contributed by atoms with Crippen LogP contribution in [0.4, 0.5) is 4.39 Å². The molecule has 0 amide bonds. The van der Waals surface area contributed by atoms with Gasteiger partial charge in [0, 0.05) is 23.6 Å². The third-order valence-corrected chi connectivity index (χ3v) is 6.33. The number of nitrogens with zero attached hydrogens (tertiary/aromatic N) is 2. The lowest BCUT2D eigenvalue weighted by molar-refractivity contribution is -0.278. The Balaban J connectivity index is 1.79. The van der Waals surface area contributed by atoms with E-state index in [1.807, 2.05) is 52.0 Å². The second kappa shape index (κ2) is 11.8. The van der Waals surface area contributed by atoms with Crippen LogP contribution in [0.3, 0.4) is 0 Å². The van der Waals surface area contributed by atoms with Crippen molar-refractivity contribution in [3.05, 3.63) is 65.5 Å². The van der Waals surface area contributed by atoms with Gasteiger partial charge in [0.05, 0.1) is 18.4 Å². The molecule has 206 valence electrons. The molecule has 0 unspecified atom stereocenters. The summed E-state index contributed by atoms with van der Waals surface area (Å²) in [6, 6.07) is 13.6. The van der Waals surface area contributed by atoms with E-state index >= 15 is 0 Å². The third-order valence-electron chi connectivity index (χ3n) is 6.33. The fraction of sp³-hybridized carbons (Fsp3) is 0.464. The van der Waals surface area contributed by atoms with Crippen LogP contribution in [0, 0.1) is 5.82 Å². The van der Waals surface area contributed by atoms with E-state index in [1.54, 1.807) is 16.8 Å². The lowest BCUT2D eigenvalue weighted by Gasteiger charge is -2.39. The molecule has 1 aliphatic heterocycles. The summed E-state index contributed by atoms with van der Waals surface area (Å²) in [5.74, 6) is 0.507. The molecule has 0 bridgehead atoms. The maximum absolute atomic E-state index is 13.6. The molecule has 10 heteroatoms. The molecule has 1 saturated heterocycles. The SMILES string of the molecule is CC(C)Oc1ccc(-c2c(Cc3ccc(F)cc3)c(O[C@@H]3O[C@H](CO)[C@@H](O)[C@H](O)[C@H]3O)nn2C(C)C)cc1. The van der Waals surface area contributed by atoms with Gasteiger partial charge in [0.25, 0.3) is 0 Å². The fourth-order valence-corrected chi connectivity index (χ4v) is 4.43. The summed E-state index contributed by atoms with van der Waals surface area (Å²) in [6.07, 6.45) is -6.88. The van der Waals surface area contributed by atoms with Crippen LogP contribution in [-0.4, -0.2) is 73.6 Å². The first-order valence-electron chi connectivity index (χ1n) is 12.7. The Hall–Kier alpha value is -3.02. The molecule has 38 heavy (non-hydrogen) atoms. The smallest absolute Gasteiger partial charge is 0.239 e. The van der Waals surface area contributed by atoms with Crippen molar-refractivity contribution in [2.75, 3.05) is 6.61 Å². The number of hydrogen-bond acceptors (Lipinski definition) is 8. The Labute approximate surface area is 221 Å². The molecule has 1 fully saturated rings. The summed E-state index contributed by atoms with van der Waals surface area (Å²) in [5, 5.41) is 45.2. The maximum atomic E-state index is 13.6. The van der Waals surface area contributed by atoms with E-state index in [1.165, 1.54) is 12.1 Å². The Morgan fingerprint density at radius 2 is 1.61 bits per heavy atom. The van der Waals surface area contributed by atoms with Crippen molar-refractivity contribution in [1.29, 1.82) is 0 Å². The van der Waals surface area contributed by atoms with Gasteiger partial charge in [-0.2, -0.15) is 0 Å². The highest BCUT2D eigenvalue weighted by Gasteiger charge is 2.45. The Bertz CT molecular complexity index is 1200. The van der Waals surface area contributed by atoms with E-state index in [0.717, 1.165) is 22.6 Å². The quantitative estimate of drug-likeness (QED) is 0.333. The van der Waals surface area contributed by atoms with Crippen molar-refractivity contribution in [2.45, 2.75) is 77.0 Å². The van der Waals surface area contributed by atoms with E-state index in [-0.39, 0.29) is 23.8 Å². The summed E-state index contributed by atoms with van der Waals surface area (Å²) in [4.78, 5) is 0. The topological polar surface area (TPSA) is 126 Å². The molecule has 2 heterocycles. The number of aliphatic hydroxyl groups excluding tert-OH is 4. The molecule has 1 aliphatic rings. The zero-order chi connectivity index (χ0) is 27.6. The van der Waals surface area contributed by atoms with Crippen LogP contribution in [-0.2, 0) is 11.2 Å². The normalized spacial score (nSPS) is 23.7. The van der Waals surface area contributed by atoms with Gasteiger partial charge in [-0.15, -0.1) is 5.10 Å². The number of halogens is 1. The van der Waals surface area contributed by atoms with Gasteiger partial charge in [-0.05, 0) is 69.7 Å². The minimum absolute atomic E-state index is 0.0228. The lowest BCUT2D eigenvalue weighted by Crippen LogP contribution is -2.60. The number of aromatic nitrogens is 2. The predicted octanol–water partition coefficient (Wildman–Crippen LogP) is 2.83. The fourth-order valence-electron chi connectivity index (χ4n) is 4.43. The van der Waals surface area contributed by atoms with Gasteiger partial charge in [0.2, 0.25) is 12.2 Å². The zero-order valence-corrected chi connectivity index (χ0v) is 21.9. The first kappa shape index (κ1) is 28.0. The maximum Gasteiger partial charge on any atom is 0.239 e. The van der Waals surface area contributed by atoms with Gasteiger partial charge >= 0.3 is 0 Å². The summed E-state index contributed by atoms with van der Waals surface area (Å²) in [6.45, 7) is 7.25. The van der Waals surface area contributed by atoms with Gasteiger partial charge < -0.3 is 34.6 Å². The second-order valence-electron chi connectivity index (χ2n) is 9.98. The van der Waals surface area contributed by atoms with Crippen molar-refractivity contribution in [3.8, 4) is 22.9 Å². The molecule has 1 aromatic heterocycles. The van der Waals surface area contributed by atoms with E-state index in [2.05, 4.69) is 5.10 Å². The number of rotatable bonds is 9. The Kier molecular flexibility index (Phi) is 8.69. The predicted molar refractivity (Wildman–Crippen MR) is 137 cm³/mol. The molecule has 0 radical (unpaired) electrons. The Morgan fingerprint density at radius 3 is 2.18 bits per heavy atom. The van der Waals surface area contributed by atoms with Crippen LogP contribution >= 0.6 is 0 Å². The summed E-state index contributed by atoms with van der Waals surface area (Å²) in [5.41, 5.74) is 3.04. The minimum atomic E-state index is -1.59. The van der Waals surface area contributed by atoms with Gasteiger partial charge in [-0.3, -0.25) is 4.68 Å². The second-order valence-corrected chi connectivity index (χ2v) is 9.98. The number of hydrogen-bond donors (Lipinski definition) is 4. The monoisotopic (exact) mass is 530 g/mol. The lowest BCUT2D eigenvalue weighted by atomic mass is 9.99. The average Bonchev–Trinajstić information content (AvgIpc) is 3.23. The van der Waals surface area contributed by atoms with Gasteiger partial charge in [0.15, 0.2) is 0 Å².